The molecule has 29 heavy (non-hydrogen) atoms. The van der Waals surface area contributed by atoms with Crippen LogP contribution in [0, 0.1) is 17.3 Å². The Morgan fingerprint density at radius 1 is 1.28 bits per heavy atom. The molecule has 7 heteroatoms. The van der Waals surface area contributed by atoms with E-state index in [1.54, 1.807) is 6.33 Å². The maximum atomic E-state index is 13.2. The monoisotopic (exact) mass is 397 g/mol. The van der Waals surface area contributed by atoms with Gasteiger partial charge >= 0.3 is 0 Å². The van der Waals surface area contributed by atoms with Crippen molar-refractivity contribution in [3.63, 3.8) is 0 Å². The molecule has 0 radical (unpaired) electrons. The summed E-state index contributed by atoms with van der Waals surface area (Å²) in [5.74, 6) is 1.59. The predicted octanol–water partition coefficient (Wildman–Crippen LogP) is 2.62. The average Bonchev–Trinajstić information content (AvgIpc) is 3.34. The van der Waals surface area contributed by atoms with Gasteiger partial charge in [-0.05, 0) is 49.5 Å². The van der Waals surface area contributed by atoms with Crippen molar-refractivity contribution in [3.8, 4) is 0 Å². The number of carbonyl (C=O) groups excluding carboxylic acids is 1. The van der Waals surface area contributed by atoms with Gasteiger partial charge in [-0.2, -0.15) is 0 Å². The molecule has 0 aromatic carbocycles. The Morgan fingerprint density at radius 2 is 2.10 bits per heavy atom. The van der Waals surface area contributed by atoms with Crippen LogP contribution in [-0.2, 0) is 4.79 Å². The van der Waals surface area contributed by atoms with E-state index in [1.807, 2.05) is 12.3 Å². The summed E-state index contributed by atoms with van der Waals surface area (Å²) in [6.45, 7) is 1.74. The van der Waals surface area contributed by atoms with Gasteiger partial charge < -0.3 is 20.3 Å². The molecular weight excluding hydrogens is 366 g/mol. The van der Waals surface area contributed by atoms with E-state index in [4.69, 9.17) is 0 Å². The first-order valence-corrected chi connectivity index (χ1v) is 11.1. The van der Waals surface area contributed by atoms with Gasteiger partial charge in [0.25, 0.3) is 0 Å². The number of hydrogen-bond acceptors (Lipinski definition) is 5. The molecule has 1 spiro atoms. The summed E-state index contributed by atoms with van der Waals surface area (Å²) in [7, 11) is 0. The summed E-state index contributed by atoms with van der Waals surface area (Å²) in [5, 5.41) is 14.2. The highest BCUT2D eigenvalue weighted by atomic mass is 16.3. The standard InChI is InChI=1S/C22H31N5O2/c28-12-18(15-4-2-1-3-5-15)26-21(29)17-7-11-27(13-22(17)8-9-22)20-16-6-10-23-19(16)24-14-25-20/h6,10,14-15,17-18,28H,1-5,7-9,11-13H2,(H,26,29)(H,23,24,25)/t17-,18-/m1/s1. The minimum Gasteiger partial charge on any atom is -0.394 e. The molecule has 5 rings (SSSR count). The molecule has 3 N–H and O–H groups in total. The number of aromatic nitrogens is 3. The molecule has 2 atom stereocenters. The topological polar surface area (TPSA) is 94.1 Å². The van der Waals surface area contributed by atoms with Crippen LogP contribution in [0.4, 0.5) is 5.82 Å². The van der Waals surface area contributed by atoms with Gasteiger partial charge in [0.05, 0.1) is 18.0 Å². The fraction of sp³-hybridized carbons (Fsp3) is 0.682. The zero-order valence-electron chi connectivity index (χ0n) is 16.9. The van der Waals surface area contributed by atoms with Gasteiger partial charge in [-0.3, -0.25) is 4.79 Å². The normalized spacial score (nSPS) is 25.3. The van der Waals surface area contributed by atoms with E-state index in [0.717, 1.165) is 62.0 Å². The number of nitrogens with one attached hydrogen (secondary N) is 2. The van der Waals surface area contributed by atoms with E-state index < -0.39 is 0 Å². The quantitative estimate of drug-likeness (QED) is 0.721. The SMILES string of the molecule is O=C(N[C@H](CO)C1CCCCC1)[C@H]1CCN(c2ncnc3[nH]ccc23)CC12CC2. The lowest BCUT2D eigenvalue weighted by Crippen LogP contribution is -2.52. The van der Waals surface area contributed by atoms with E-state index >= 15 is 0 Å². The van der Waals surface area contributed by atoms with Gasteiger partial charge in [-0.25, -0.2) is 9.97 Å². The molecule has 3 fully saturated rings. The summed E-state index contributed by atoms with van der Waals surface area (Å²) in [4.78, 5) is 27.5. The number of anilines is 1. The van der Waals surface area contributed by atoms with Crippen molar-refractivity contribution in [1.29, 1.82) is 0 Å². The molecule has 1 amide bonds. The summed E-state index contributed by atoms with van der Waals surface area (Å²) in [5.41, 5.74) is 0.917. The van der Waals surface area contributed by atoms with Crippen LogP contribution in [0.25, 0.3) is 11.0 Å². The highest BCUT2D eigenvalue weighted by Crippen LogP contribution is 2.56. The van der Waals surface area contributed by atoms with Crippen LogP contribution in [-0.4, -0.2) is 51.7 Å². The molecule has 2 aromatic rings. The number of aliphatic hydroxyl groups is 1. The second-order valence-corrected chi connectivity index (χ2v) is 9.26. The second-order valence-electron chi connectivity index (χ2n) is 9.26. The number of aromatic amines is 1. The van der Waals surface area contributed by atoms with Crippen molar-refractivity contribution in [2.75, 3.05) is 24.6 Å². The highest BCUT2D eigenvalue weighted by Gasteiger charge is 2.55. The molecule has 2 aliphatic carbocycles. The van der Waals surface area contributed by atoms with Crippen LogP contribution in [0.1, 0.15) is 51.4 Å². The van der Waals surface area contributed by atoms with Gasteiger partial charge in [0, 0.05) is 25.2 Å². The van der Waals surface area contributed by atoms with Gasteiger partial charge in [0.15, 0.2) is 0 Å². The fourth-order valence-electron chi connectivity index (χ4n) is 5.66. The zero-order valence-corrected chi connectivity index (χ0v) is 16.9. The molecule has 1 saturated heterocycles. The number of aliphatic hydroxyl groups excluding tert-OH is 1. The van der Waals surface area contributed by atoms with Crippen LogP contribution in [0.2, 0.25) is 0 Å². The van der Waals surface area contributed by atoms with E-state index in [-0.39, 0.29) is 29.9 Å². The van der Waals surface area contributed by atoms with Crippen LogP contribution in [0.5, 0.6) is 0 Å². The third-order valence-corrected chi connectivity index (χ3v) is 7.52. The number of rotatable bonds is 5. The zero-order chi connectivity index (χ0) is 19.8. The molecule has 3 heterocycles. The molecule has 156 valence electrons. The van der Waals surface area contributed by atoms with Crippen LogP contribution < -0.4 is 10.2 Å². The first kappa shape index (κ1) is 18.9. The number of hydrogen-bond donors (Lipinski definition) is 3. The minimum atomic E-state index is -0.0852. The lowest BCUT2D eigenvalue weighted by Gasteiger charge is -2.40. The fourth-order valence-corrected chi connectivity index (χ4v) is 5.66. The first-order valence-electron chi connectivity index (χ1n) is 11.1. The molecule has 1 aliphatic heterocycles. The molecule has 3 aliphatic rings. The first-order chi connectivity index (χ1) is 14.2. The van der Waals surface area contributed by atoms with E-state index in [2.05, 4.69) is 25.2 Å². The Kier molecular flexibility index (Phi) is 4.94. The summed E-state index contributed by atoms with van der Waals surface area (Å²) < 4.78 is 0. The van der Waals surface area contributed by atoms with Crippen molar-refractivity contribution in [1.82, 2.24) is 20.3 Å². The minimum absolute atomic E-state index is 0.0416. The number of carbonyl (C=O) groups is 1. The van der Waals surface area contributed by atoms with Gasteiger partial charge in [-0.1, -0.05) is 19.3 Å². The maximum Gasteiger partial charge on any atom is 0.224 e. The van der Waals surface area contributed by atoms with E-state index in [0.29, 0.717) is 5.92 Å². The largest absolute Gasteiger partial charge is 0.394 e. The van der Waals surface area contributed by atoms with Gasteiger partial charge in [-0.15, -0.1) is 0 Å². The van der Waals surface area contributed by atoms with E-state index in [1.165, 1.54) is 19.3 Å². The Bertz CT molecular complexity index is 871. The van der Waals surface area contributed by atoms with Crippen molar-refractivity contribution >= 4 is 22.8 Å². The summed E-state index contributed by atoms with van der Waals surface area (Å²) >= 11 is 0. The maximum absolute atomic E-state index is 13.2. The number of H-pyrrole nitrogens is 1. The van der Waals surface area contributed by atoms with Crippen molar-refractivity contribution in [2.45, 2.75) is 57.4 Å². The Hall–Kier alpha value is -2.15. The van der Waals surface area contributed by atoms with Crippen molar-refractivity contribution in [2.24, 2.45) is 17.3 Å². The predicted molar refractivity (Wildman–Crippen MR) is 111 cm³/mol. The lowest BCUT2D eigenvalue weighted by molar-refractivity contribution is -0.129. The van der Waals surface area contributed by atoms with Crippen molar-refractivity contribution in [3.05, 3.63) is 18.6 Å². The number of piperidine rings is 1. The van der Waals surface area contributed by atoms with Crippen molar-refractivity contribution < 1.29 is 9.90 Å². The van der Waals surface area contributed by atoms with E-state index in [9.17, 15) is 9.90 Å². The highest BCUT2D eigenvalue weighted by molar-refractivity contribution is 5.87. The van der Waals surface area contributed by atoms with Crippen LogP contribution in [0.15, 0.2) is 18.6 Å². The third kappa shape index (κ3) is 3.50. The number of amides is 1. The summed E-state index contributed by atoms with van der Waals surface area (Å²) in [6.07, 6.45) is 12.5. The smallest absolute Gasteiger partial charge is 0.224 e. The average molecular weight is 398 g/mol. The Morgan fingerprint density at radius 3 is 2.86 bits per heavy atom. The summed E-state index contributed by atoms with van der Waals surface area (Å²) in [6, 6.07) is 1.94. The number of nitrogens with zero attached hydrogens (tertiary/aromatic N) is 3. The van der Waals surface area contributed by atoms with Gasteiger partial charge in [0.1, 0.15) is 17.8 Å². The Labute approximate surface area is 171 Å². The van der Waals surface area contributed by atoms with Gasteiger partial charge in [0.2, 0.25) is 5.91 Å². The molecular formula is C22H31N5O2. The molecule has 0 bridgehead atoms. The molecule has 7 nitrogen and oxygen atoms in total. The van der Waals surface area contributed by atoms with Crippen LogP contribution in [0.3, 0.4) is 0 Å². The molecule has 2 saturated carbocycles. The second kappa shape index (κ2) is 7.59. The van der Waals surface area contributed by atoms with Crippen LogP contribution >= 0.6 is 0 Å². The lowest BCUT2D eigenvalue weighted by atomic mass is 9.80. The Balaban J connectivity index is 1.28. The third-order valence-electron chi connectivity index (χ3n) is 7.52. The molecule has 0 unspecified atom stereocenters. The number of fused-ring (bicyclic) bond motifs is 1. The molecule has 2 aromatic heterocycles.